The molecule has 0 unspecified atom stereocenters. The van der Waals surface area contributed by atoms with Crippen LogP contribution in [0, 0.1) is 0 Å². The van der Waals surface area contributed by atoms with E-state index in [1.165, 1.54) is 38.8 Å². The molecule has 0 bridgehead atoms. The summed E-state index contributed by atoms with van der Waals surface area (Å²) < 4.78 is 59.2. The minimum atomic E-state index is -10.7. The molecule has 0 aromatic carbocycles. The van der Waals surface area contributed by atoms with Crippen molar-refractivity contribution in [2.75, 3.05) is 13.1 Å². The molecule has 1 N–H and O–H groups in total. The Morgan fingerprint density at radius 2 is 1.00 bits per heavy atom. The van der Waals surface area contributed by atoms with Crippen molar-refractivity contribution in [2.24, 2.45) is 0 Å². The second-order valence-electron chi connectivity index (χ2n) is 3.42. The second-order valence-corrected chi connectivity index (χ2v) is 5.33. The zero-order valence-corrected chi connectivity index (χ0v) is 10.4. The van der Waals surface area contributed by atoms with Crippen LogP contribution < -0.4 is 5.32 Å². The van der Waals surface area contributed by atoms with E-state index in [1.807, 2.05) is 0 Å². The van der Waals surface area contributed by atoms with Gasteiger partial charge in [0.15, 0.2) is 0 Å². The summed E-state index contributed by atoms with van der Waals surface area (Å²) in [5.74, 6) is 0. The summed E-state index contributed by atoms with van der Waals surface area (Å²) in [4.78, 5) is 0. The van der Waals surface area contributed by atoms with Crippen molar-refractivity contribution in [2.45, 2.75) is 39.5 Å². The van der Waals surface area contributed by atoms with Gasteiger partial charge in [-0.25, -0.2) is 0 Å². The van der Waals surface area contributed by atoms with Crippen LogP contribution in [0.2, 0.25) is 0 Å². The van der Waals surface area contributed by atoms with E-state index in [4.69, 9.17) is 0 Å². The van der Waals surface area contributed by atoms with E-state index < -0.39 is 7.81 Å². The van der Waals surface area contributed by atoms with Crippen molar-refractivity contribution in [3.8, 4) is 0 Å². The Balaban J connectivity index is 0. The first-order valence-electron chi connectivity index (χ1n) is 5.14. The Hall–Kier alpha value is -0.0300. The van der Waals surface area contributed by atoms with Crippen LogP contribution in [-0.2, 0) is 0 Å². The Bertz CT molecular complexity index is 156. The van der Waals surface area contributed by atoms with Gasteiger partial charge in [-0.05, 0) is 25.9 Å². The minimum absolute atomic E-state index is 1.20. The van der Waals surface area contributed by atoms with Crippen molar-refractivity contribution in [3.63, 3.8) is 0 Å². The molecule has 0 radical (unpaired) electrons. The van der Waals surface area contributed by atoms with Crippen LogP contribution in [0.1, 0.15) is 39.5 Å². The predicted molar refractivity (Wildman–Crippen MR) is 56.3 cm³/mol. The topological polar surface area (TPSA) is 12.0 Å². The first kappa shape index (κ1) is 18.3. The first-order valence-corrected chi connectivity index (χ1v) is 7.16. The maximum absolute atomic E-state index is 10.7. The molecule has 0 aliphatic heterocycles. The molecule has 0 rings (SSSR count). The number of unbranched alkanes of at least 4 members (excludes halogenated alkanes) is 2. The molecular weight excluding hydrogens is 255 g/mol. The van der Waals surface area contributed by atoms with Crippen LogP contribution in [0.15, 0.2) is 0 Å². The fourth-order valence-electron chi connectivity index (χ4n) is 0.729. The zero-order valence-electron chi connectivity index (χ0n) is 9.46. The molecule has 0 aliphatic carbocycles. The van der Waals surface area contributed by atoms with Gasteiger partial charge in [0.05, 0.1) is 0 Å². The SMILES string of the molecule is CCCCNCCCC.F[P-](F)(F)(F)(F)F. The van der Waals surface area contributed by atoms with Gasteiger partial charge in [0.25, 0.3) is 0 Å². The Labute approximate surface area is 91.8 Å². The summed E-state index contributed by atoms with van der Waals surface area (Å²) >= 11 is 0. The Kier molecular flexibility index (Phi) is 6.94. The van der Waals surface area contributed by atoms with Gasteiger partial charge in [0.2, 0.25) is 0 Å². The van der Waals surface area contributed by atoms with E-state index in [9.17, 15) is 25.2 Å². The van der Waals surface area contributed by atoms with E-state index in [1.54, 1.807) is 0 Å². The van der Waals surface area contributed by atoms with Crippen molar-refractivity contribution < 1.29 is 25.2 Å². The quantitative estimate of drug-likeness (QED) is 0.380. The molecule has 0 fully saturated rings. The summed E-state index contributed by atoms with van der Waals surface area (Å²) in [5.41, 5.74) is 0. The van der Waals surface area contributed by atoms with E-state index in [-0.39, 0.29) is 0 Å². The molecule has 0 aliphatic rings. The normalized spacial score (nSPS) is 15.8. The predicted octanol–water partition coefficient (Wildman–Crippen LogP) is 5.56. The molecular formula is C8H19F6NP-. The zero-order chi connectivity index (χ0) is 13.4. The van der Waals surface area contributed by atoms with Crippen molar-refractivity contribution >= 4 is 7.81 Å². The van der Waals surface area contributed by atoms with Crippen LogP contribution in [0.3, 0.4) is 0 Å². The maximum atomic E-state index is 9.87. The van der Waals surface area contributed by atoms with Crippen LogP contribution in [0.25, 0.3) is 0 Å². The van der Waals surface area contributed by atoms with Crippen LogP contribution >= 0.6 is 7.81 Å². The fourth-order valence-corrected chi connectivity index (χ4v) is 0.729. The molecule has 0 aromatic rings. The molecule has 0 saturated carbocycles. The van der Waals surface area contributed by atoms with E-state index in [2.05, 4.69) is 19.2 Å². The van der Waals surface area contributed by atoms with Crippen LogP contribution in [0.4, 0.5) is 25.2 Å². The van der Waals surface area contributed by atoms with Gasteiger partial charge in [-0.1, -0.05) is 26.7 Å². The van der Waals surface area contributed by atoms with Crippen molar-refractivity contribution in [1.82, 2.24) is 5.32 Å². The molecule has 0 atom stereocenters. The van der Waals surface area contributed by atoms with Gasteiger partial charge < -0.3 is 5.32 Å². The molecule has 104 valence electrons. The van der Waals surface area contributed by atoms with Crippen molar-refractivity contribution in [1.29, 1.82) is 0 Å². The average Bonchev–Trinajstić information content (AvgIpc) is 1.98. The number of rotatable bonds is 6. The molecule has 0 aromatic heterocycles. The fraction of sp³-hybridized carbons (Fsp3) is 1.00. The number of halogens is 6. The molecule has 0 amide bonds. The summed E-state index contributed by atoms with van der Waals surface area (Å²) in [6, 6.07) is 0. The Morgan fingerprint density at radius 1 is 0.750 bits per heavy atom. The van der Waals surface area contributed by atoms with Crippen LogP contribution in [0.5, 0.6) is 0 Å². The van der Waals surface area contributed by atoms with Crippen molar-refractivity contribution in [3.05, 3.63) is 0 Å². The number of nitrogens with one attached hydrogen (secondary N) is 1. The average molecular weight is 274 g/mol. The number of hydrogen-bond acceptors (Lipinski definition) is 1. The standard InChI is InChI=1S/C8H19N.F6P/c1-3-5-7-9-8-6-4-2;1-7(2,3,4,5)6/h9H,3-8H2,1-2H3;/q;-1. The van der Waals surface area contributed by atoms with E-state index >= 15 is 0 Å². The first-order chi connectivity index (χ1) is 6.86. The molecule has 1 nitrogen and oxygen atoms in total. The van der Waals surface area contributed by atoms with Gasteiger partial charge in [-0.2, -0.15) is 0 Å². The van der Waals surface area contributed by atoms with Gasteiger partial charge in [0, 0.05) is 0 Å². The number of hydrogen-bond donors (Lipinski definition) is 1. The third-order valence-electron chi connectivity index (χ3n) is 1.41. The van der Waals surface area contributed by atoms with Gasteiger partial charge >= 0.3 is 33.0 Å². The van der Waals surface area contributed by atoms with E-state index in [0.717, 1.165) is 0 Å². The molecule has 0 heterocycles. The summed E-state index contributed by atoms with van der Waals surface area (Å²) in [7, 11) is -10.7. The van der Waals surface area contributed by atoms with Gasteiger partial charge in [-0.15, -0.1) is 0 Å². The van der Waals surface area contributed by atoms with E-state index in [0.29, 0.717) is 0 Å². The monoisotopic (exact) mass is 274 g/mol. The summed E-state index contributed by atoms with van der Waals surface area (Å²) in [6.45, 7) is 6.86. The molecule has 8 heteroatoms. The summed E-state index contributed by atoms with van der Waals surface area (Å²) in [5, 5.41) is 3.39. The summed E-state index contributed by atoms with van der Waals surface area (Å²) in [6.07, 6.45) is 5.26. The molecule has 0 saturated heterocycles. The second kappa shape index (κ2) is 6.05. The van der Waals surface area contributed by atoms with Gasteiger partial charge in [-0.3, -0.25) is 0 Å². The van der Waals surface area contributed by atoms with Gasteiger partial charge in [0.1, 0.15) is 0 Å². The third-order valence-corrected chi connectivity index (χ3v) is 1.41. The molecule has 16 heavy (non-hydrogen) atoms. The Morgan fingerprint density at radius 3 is 1.19 bits per heavy atom. The molecule has 0 spiro atoms. The third kappa shape index (κ3) is 65.9. The van der Waals surface area contributed by atoms with Crippen LogP contribution in [-0.4, -0.2) is 13.1 Å².